The third kappa shape index (κ3) is 3.92. The number of halogens is 2. The highest BCUT2D eigenvalue weighted by Gasteiger charge is 2.12. The molecule has 0 amide bonds. The van der Waals surface area contributed by atoms with E-state index in [9.17, 15) is 4.79 Å². The lowest BCUT2D eigenvalue weighted by atomic mass is 10.5. The molecule has 0 spiro atoms. The average molecular weight is 263 g/mol. The zero-order chi connectivity index (χ0) is 9.99. The summed E-state index contributed by atoms with van der Waals surface area (Å²) in [5, 5.41) is -2.16. The van der Waals surface area contributed by atoms with Gasteiger partial charge in [-0.15, -0.1) is 0 Å². The molecule has 0 aromatic rings. The number of rotatable bonds is 3. The molecular weight excluding hydrogens is 252 g/mol. The monoisotopic (exact) mass is 261 g/mol. The fourth-order valence-electron chi connectivity index (χ4n) is 0.233. The molecule has 0 rings (SSSR count). The summed E-state index contributed by atoms with van der Waals surface area (Å²) < 4.78 is 26.0. The standard InChI is InChI=1S/C5H8Br2O2/c1-2-9-5(8)4(7)3-6/h4H,2-3H2,1H3/i3D2,4D. The van der Waals surface area contributed by atoms with Gasteiger partial charge in [-0.1, -0.05) is 31.9 Å². The van der Waals surface area contributed by atoms with Gasteiger partial charge in [0.2, 0.25) is 0 Å². The topological polar surface area (TPSA) is 26.3 Å². The van der Waals surface area contributed by atoms with Crippen molar-refractivity contribution in [2.45, 2.75) is 11.7 Å². The van der Waals surface area contributed by atoms with Crippen LogP contribution in [-0.4, -0.2) is 22.7 Å². The van der Waals surface area contributed by atoms with Crippen LogP contribution in [0.2, 0.25) is 0 Å². The normalized spacial score (nSPS) is 22.8. The lowest BCUT2D eigenvalue weighted by Crippen LogP contribution is -2.18. The lowest BCUT2D eigenvalue weighted by molar-refractivity contribution is -0.141. The fraction of sp³-hybridized carbons (Fsp3) is 0.800. The van der Waals surface area contributed by atoms with Crippen LogP contribution in [-0.2, 0) is 9.53 Å². The van der Waals surface area contributed by atoms with Crippen LogP contribution in [0.15, 0.2) is 0 Å². The van der Waals surface area contributed by atoms with E-state index >= 15 is 0 Å². The molecule has 1 atom stereocenters. The number of alkyl halides is 2. The summed E-state index contributed by atoms with van der Waals surface area (Å²) in [7, 11) is 0. The third-order valence-corrected chi connectivity index (χ3v) is 1.99. The average Bonchev–Trinajstić information content (AvgIpc) is 1.85. The maximum Gasteiger partial charge on any atom is 0.320 e. The highest BCUT2D eigenvalue weighted by molar-refractivity contribution is 9.12. The molecule has 0 fully saturated rings. The van der Waals surface area contributed by atoms with Crippen LogP contribution >= 0.6 is 31.9 Å². The predicted molar refractivity (Wildman–Crippen MR) is 43.1 cm³/mol. The Morgan fingerprint density at radius 3 is 3.00 bits per heavy atom. The van der Waals surface area contributed by atoms with Crippen LogP contribution in [0, 0.1) is 0 Å². The molecule has 1 unspecified atom stereocenters. The second kappa shape index (κ2) is 5.23. The van der Waals surface area contributed by atoms with E-state index in [2.05, 4.69) is 36.6 Å². The van der Waals surface area contributed by atoms with E-state index < -0.39 is 16.1 Å². The van der Waals surface area contributed by atoms with Gasteiger partial charge >= 0.3 is 5.97 Å². The largest absolute Gasteiger partial charge is 0.465 e. The number of esters is 1. The number of carbonyl (C=O) groups excluding carboxylic acids is 1. The molecule has 0 radical (unpaired) electrons. The molecule has 9 heavy (non-hydrogen) atoms. The second-order valence-electron chi connectivity index (χ2n) is 1.13. The minimum absolute atomic E-state index is 0.119. The summed E-state index contributed by atoms with van der Waals surface area (Å²) in [6, 6.07) is 0. The second-order valence-corrected chi connectivity index (χ2v) is 2.32. The smallest absolute Gasteiger partial charge is 0.320 e. The quantitative estimate of drug-likeness (QED) is 0.572. The molecular formula is C5H8Br2O2. The molecule has 0 bridgehead atoms. The molecule has 0 aromatic carbocycles. The van der Waals surface area contributed by atoms with Gasteiger partial charge in [0, 0.05) is 8.02 Å². The highest BCUT2D eigenvalue weighted by atomic mass is 79.9. The van der Waals surface area contributed by atoms with Crippen molar-refractivity contribution in [3.8, 4) is 0 Å². The van der Waals surface area contributed by atoms with E-state index in [1.807, 2.05) is 0 Å². The Bertz CT molecular complexity index is 178. The summed E-state index contributed by atoms with van der Waals surface area (Å²) >= 11 is 5.21. The van der Waals surface area contributed by atoms with Crippen LogP contribution in [0.4, 0.5) is 0 Å². The number of carbonyl (C=O) groups is 1. The van der Waals surface area contributed by atoms with Crippen LogP contribution in [0.3, 0.4) is 0 Å². The minimum atomic E-state index is -2.16. The van der Waals surface area contributed by atoms with Gasteiger partial charge in [0.1, 0.15) is 4.80 Å². The van der Waals surface area contributed by atoms with Crippen molar-refractivity contribution in [2.75, 3.05) is 11.9 Å². The molecule has 4 heteroatoms. The summed E-state index contributed by atoms with van der Waals surface area (Å²) in [4.78, 5) is 8.88. The van der Waals surface area contributed by atoms with E-state index in [0.29, 0.717) is 0 Å². The Labute approximate surface area is 75.4 Å². The number of hydrogen-bond donors (Lipinski definition) is 0. The van der Waals surface area contributed by atoms with Crippen LogP contribution in [0.25, 0.3) is 0 Å². The van der Waals surface area contributed by atoms with Crippen molar-refractivity contribution >= 4 is 37.8 Å². The van der Waals surface area contributed by atoms with E-state index in [4.69, 9.17) is 4.11 Å². The molecule has 0 aromatic heterocycles. The van der Waals surface area contributed by atoms with E-state index in [-0.39, 0.29) is 6.61 Å². The molecule has 54 valence electrons. The molecule has 0 N–H and O–H groups in total. The molecule has 2 nitrogen and oxygen atoms in total. The summed E-state index contributed by atoms with van der Waals surface area (Å²) in [6.45, 7) is 1.71. The van der Waals surface area contributed by atoms with Crippen molar-refractivity contribution in [3.63, 3.8) is 0 Å². The maximum absolute atomic E-state index is 11.0. The zero-order valence-electron chi connectivity index (χ0n) is 7.78. The first kappa shape index (κ1) is 5.13. The third-order valence-electron chi connectivity index (χ3n) is 0.538. The number of hydrogen-bond acceptors (Lipinski definition) is 2. The first-order valence-electron chi connectivity index (χ1n) is 3.78. The van der Waals surface area contributed by atoms with Gasteiger partial charge in [0.15, 0.2) is 0 Å². The van der Waals surface area contributed by atoms with Crippen LogP contribution < -0.4 is 0 Å². The van der Waals surface area contributed by atoms with Crippen molar-refractivity contribution in [3.05, 3.63) is 0 Å². The van der Waals surface area contributed by atoms with Crippen LogP contribution in [0.1, 0.15) is 11.0 Å². The van der Waals surface area contributed by atoms with E-state index in [1.165, 1.54) is 0 Å². The van der Waals surface area contributed by atoms with Crippen molar-refractivity contribution in [1.82, 2.24) is 0 Å². The minimum Gasteiger partial charge on any atom is -0.465 e. The van der Waals surface area contributed by atoms with Crippen LogP contribution in [0.5, 0.6) is 0 Å². The van der Waals surface area contributed by atoms with Crippen molar-refractivity contribution in [1.29, 1.82) is 0 Å². The van der Waals surface area contributed by atoms with Gasteiger partial charge in [-0.25, -0.2) is 0 Å². The van der Waals surface area contributed by atoms with Gasteiger partial charge in [0.25, 0.3) is 0 Å². The molecule has 0 saturated heterocycles. The predicted octanol–water partition coefficient (Wildman–Crippen LogP) is 1.71. The highest BCUT2D eigenvalue weighted by Crippen LogP contribution is 2.04. The van der Waals surface area contributed by atoms with Gasteiger partial charge in [-0.2, -0.15) is 0 Å². The Kier molecular flexibility index (Phi) is 2.98. The first-order chi connectivity index (χ1) is 5.23. The van der Waals surface area contributed by atoms with Crippen molar-refractivity contribution < 1.29 is 13.6 Å². The van der Waals surface area contributed by atoms with E-state index in [0.717, 1.165) is 0 Å². The zero-order valence-corrected chi connectivity index (χ0v) is 7.95. The summed E-state index contributed by atoms with van der Waals surface area (Å²) in [5.74, 6) is -0.952. The Morgan fingerprint density at radius 2 is 2.67 bits per heavy atom. The number of ether oxygens (including phenoxy) is 1. The lowest BCUT2D eigenvalue weighted by Gasteiger charge is -2.03. The summed E-state index contributed by atoms with van der Waals surface area (Å²) in [6.07, 6.45) is 0. The Morgan fingerprint density at radius 1 is 2.11 bits per heavy atom. The van der Waals surface area contributed by atoms with Gasteiger partial charge in [-0.05, 0) is 6.92 Å². The SMILES string of the molecule is [2H]C([2H])(Br)C([2H])(Br)C(=O)OCC. The van der Waals surface area contributed by atoms with E-state index in [1.54, 1.807) is 6.92 Å². The maximum atomic E-state index is 11.0. The van der Waals surface area contributed by atoms with Gasteiger partial charge in [-0.3, -0.25) is 4.79 Å². The summed E-state index contributed by atoms with van der Waals surface area (Å²) in [5.41, 5.74) is 0. The molecule has 0 aliphatic heterocycles. The first-order valence-corrected chi connectivity index (χ1v) is 3.87. The Hall–Kier alpha value is 0.430. The molecule has 0 heterocycles. The molecule has 0 aliphatic rings. The van der Waals surface area contributed by atoms with Crippen molar-refractivity contribution in [2.24, 2.45) is 0 Å². The molecule has 0 saturated carbocycles. The molecule has 0 aliphatic carbocycles. The van der Waals surface area contributed by atoms with Gasteiger partial charge < -0.3 is 4.74 Å². The van der Waals surface area contributed by atoms with Gasteiger partial charge in [0.05, 0.1) is 7.98 Å². The fourth-order valence-corrected chi connectivity index (χ4v) is 0.509. The Balaban J connectivity index is 4.50.